The molecule has 1 aromatic rings. The lowest BCUT2D eigenvalue weighted by Gasteiger charge is -2.02. The summed E-state index contributed by atoms with van der Waals surface area (Å²) < 4.78 is 25.6. The molecule has 4 saturated heterocycles. The lowest BCUT2D eigenvalue weighted by atomic mass is 10.0. The zero-order valence-corrected chi connectivity index (χ0v) is 13.3. The van der Waals surface area contributed by atoms with Crippen molar-refractivity contribution in [3.8, 4) is 0 Å². The van der Waals surface area contributed by atoms with Crippen molar-refractivity contribution >= 4 is 0 Å². The summed E-state index contributed by atoms with van der Waals surface area (Å²) in [6.07, 6.45) is 3.90. The quantitative estimate of drug-likeness (QED) is 0.677. The van der Waals surface area contributed by atoms with Gasteiger partial charge in [-0.3, -0.25) is 0 Å². The van der Waals surface area contributed by atoms with Crippen LogP contribution in [0.2, 0.25) is 0 Å². The molecule has 0 saturated carbocycles. The van der Waals surface area contributed by atoms with Crippen molar-refractivity contribution in [1.82, 2.24) is 0 Å². The standard InChI is InChI=1S/C12H14O2.C6H10O3/c1-2-9(5-11-7-13-11)4-10(3-1)6-12-8-14-12;1(5-3-8-5)7-2-6-4-9-6/h1-4,11-12H,5-8H2;5-6H,1-4H2. The average Bonchev–Trinajstić information content (AvgIpc) is 3.35. The molecule has 5 rings (SSSR count). The third-order valence-corrected chi connectivity index (χ3v) is 4.14. The van der Waals surface area contributed by atoms with E-state index in [1.807, 2.05) is 0 Å². The zero-order chi connectivity index (χ0) is 15.5. The Kier molecular flexibility index (Phi) is 4.92. The Labute approximate surface area is 136 Å². The Morgan fingerprint density at radius 1 is 0.739 bits per heavy atom. The molecule has 1 aromatic carbocycles. The van der Waals surface area contributed by atoms with Crippen molar-refractivity contribution in [1.29, 1.82) is 0 Å². The van der Waals surface area contributed by atoms with Crippen LogP contribution in [0.5, 0.6) is 0 Å². The van der Waals surface area contributed by atoms with Crippen molar-refractivity contribution in [3.63, 3.8) is 0 Å². The van der Waals surface area contributed by atoms with E-state index < -0.39 is 0 Å². The molecular weight excluding hydrogens is 296 g/mol. The van der Waals surface area contributed by atoms with Gasteiger partial charge in [0.05, 0.1) is 51.8 Å². The van der Waals surface area contributed by atoms with Crippen LogP contribution in [-0.2, 0) is 36.5 Å². The minimum absolute atomic E-state index is 0.392. The Hall–Kier alpha value is -0.980. The van der Waals surface area contributed by atoms with E-state index in [1.165, 1.54) is 11.1 Å². The molecule has 4 heterocycles. The molecule has 4 aliphatic heterocycles. The molecule has 4 aliphatic rings. The summed E-state index contributed by atoms with van der Waals surface area (Å²) in [5.41, 5.74) is 2.79. The van der Waals surface area contributed by atoms with Gasteiger partial charge in [0.25, 0.3) is 0 Å². The molecule has 0 radical (unpaired) electrons. The molecule has 4 atom stereocenters. The summed E-state index contributed by atoms with van der Waals surface area (Å²) in [7, 11) is 0. The average molecular weight is 320 g/mol. The Bertz CT molecular complexity index is 463. The van der Waals surface area contributed by atoms with Crippen molar-refractivity contribution in [3.05, 3.63) is 35.4 Å². The van der Waals surface area contributed by atoms with Crippen LogP contribution in [0.4, 0.5) is 0 Å². The molecule has 126 valence electrons. The molecule has 0 aliphatic carbocycles. The van der Waals surface area contributed by atoms with Gasteiger partial charge in [-0.25, -0.2) is 0 Å². The topological polar surface area (TPSA) is 59.4 Å². The smallest absolute Gasteiger partial charge is 0.104 e. The van der Waals surface area contributed by atoms with Gasteiger partial charge in [0.2, 0.25) is 0 Å². The maximum atomic E-state index is 5.23. The first-order valence-corrected chi connectivity index (χ1v) is 8.47. The lowest BCUT2D eigenvalue weighted by molar-refractivity contribution is 0.102. The van der Waals surface area contributed by atoms with E-state index in [1.54, 1.807) is 0 Å². The van der Waals surface area contributed by atoms with Gasteiger partial charge in [-0.15, -0.1) is 0 Å². The molecule has 23 heavy (non-hydrogen) atoms. The second-order valence-electron chi connectivity index (χ2n) is 6.59. The van der Waals surface area contributed by atoms with Crippen LogP contribution in [0.3, 0.4) is 0 Å². The SMILES string of the molecule is C(OCC1CO1)C1CO1.c1cc(CC2CO2)cc(CC2CO2)c1. The van der Waals surface area contributed by atoms with Crippen LogP contribution in [0.15, 0.2) is 24.3 Å². The van der Waals surface area contributed by atoms with Crippen LogP contribution in [0, 0.1) is 0 Å². The molecular formula is C18H24O5. The highest BCUT2D eigenvalue weighted by Gasteiger charge is 2.26. The molecule has 0 N–H and O–H groups in total. The van der Waals surface area contributed by atoms with Crippen LogP contribution in [0.25, 0.3) is 0 Å². The van der Waals surface area contributed by atoms with Gasteiger partial charge >= 0.3 is 0 Å². The minimum Gasteiger partial charge on any atom is -0.376 e. The van der Waals surface area contributed by atoms with E-state index in [2.05, 4.69) is 24.3 Å². The van der Waals surface area contributed by atoms with Gasteiger partial charge in [-0.1, -0.05) is 24.3 Å². The van der Waals surface area contributed by atoms with E-state index in [-0.39, 0.29) is 0 Å². The molecule has 0 spiro atoms. The fraction of sp³-hybridized carbons (Fsp3) is 0.667. The van der Waals surface area contributed by atoms with Crippen LogP contribution < -0.4 is 0 Å². The Morgan fingerprint density at radius 2 is 1.17 bits per heavy atom. The number of epoxide rings is 4. The van der Waals surface area contributed by atoms with Gasteiger partial charge < -0.3 is 23.7 Å². The molecule has 5 nitrogen and oxygen atoms in total. The number of benzene rings is 1. The largest absolute Gasteiger partial charge is 0.376 e. The van der Waals surface area contributed by atoms with Crippen LogP contribution >= 0.6 is 0 Å². The summed E-state index contributed by atoms with van der Waals surface area (Å²) in [5.74, 6) is 0. The van der Waals surface area contributed by atoms with Gasteiger partial charge in [-0.2, -0.15) is 0 Å². The van der Waals surface area contributed by atoms with Gasteiger partial charge in [-0.05, 0) is 11.1 Å². The lowest BCUT2D eigenvalue weighted by Crippen LogP contribution is -2.06. The first-order valence-electron chi connectivity index (χ1n) is 8.47. The van der Waals surface area contributed by atoms with Crippen molar-refractivity contribution in [2.24, 2.45) is 0 Å². The third-order valence-electron chi connectivity index (χ3n) is 4.14. The minimum atomic E-state index is 0.392. The molecule has 0 aromatic heterocycles. The summed E-state index contributed by atoms with van der Waals surface area (Å²) >= 11 is 0. The van der Waals surface area contributed by atoms with Crippen LogP contribution in [-0.4, -0.2) is 64.1 Å². The van der Waals surface area contributed by atoms with Crippen molar-refractivity contribution < 1.29 is 23.7 Å². The summed E-state index contributed by atoms with van der Waals surface area (Å²) in [6.45, 7) is 5.14. The first kappa shape index (κ1) is 15.5. The van der Waals surface area contributed by atoms with E-state index in [0.29, 0.717) is 24.4 Å². The maximum absolute atomic E-state index is 5.23. The number of hydrogen-bond donors (Lipinski definition) is 0. The molecule has 0 amide bonds. The second kappa shape index (κ2) is 7.28. The zero-order valence-electron chi connectivity index (χ0n) is 13.3. The Balaban J connectivity index is 0.000000130. The monoisotopic (exact) mass is 320 g/mol. The number of ether oxygens (including phenoxy) is 5. The van der Waals surface area contributed by atoms with E-state index >= 15 is 0 Å². The highest BCUT2D eigenvalue weighted by Crippen LogP contribution is 2.20. The maximum Gasteiger partial charge on any atom is 0.104 e. The first-order chi connectivity index (χ1) is 11.3. The second-order valence-corrected chi connectivity index (χ2v) is 6.59. The third kappa shape index (κ3) is 6.20. The van der Waals surface area contributed by atoms with Crippen molar-refractivity contribution in [2.45, 2.75) is 37.3 Å². The van der Waals surface area contributed by atoms with Crippen molar-refractivity contribution in [2.75, 3.05) is 39.6 Å². The van der Waals surface area contributed by atoms with Gasteiger partial charge in [0.15, 0.2) is 0 Å². The van der Waals surface area contributed by atoms with E-state index in [9.17, 15) is 0 Å². The predicted molar refractivity (Wildman–Crippen MR) is 83.6 cm³/mol. The normalized spacial score (nSPS) is 32.7. The number of hydrogen-bond acceptors (Lipinski definition) is 5. The summed E-state index contributed by atoms with van der Waals surface area (Å²) in [4.78, 5) is 0. The highest BCUT2D eigenvalue weighted by molar-refractivity contribution is 5.25. The fourth-order valence-electron chi connectivity index (χ4n) is 2.44. The molecule has 0 bridgehead atoms. The molecule has 4 unspecified atom stereocenters. The Morgan fingerprint density at radius 3 is 1.57 bits per heavy atom. The summed E-state index contributed by atoms with van der Waals surface area (Å²) in [5, 5.41) is 0. The molecule has 4 fully saturated rings. The highest BCUT2D eigenvalue weighted by atomic mass is 16.6. The van der Waals surface area contributed by atoms with Gasteiger partial charge in [0, 0.05) is 12.8 Å². The fourth-order valence-corrected chi connectivity index (χ4v) is 2.44. The molecule has 5 heteroatoms. The number of rotatable bonds is 8. The van der Waals surface area contributed by atoms with Crippen LogP contribution in [0.1, 0.15) is 11.1 Å². The van der Waals surface area contributed by atoms with Gasteiger partial charge in [0.1, 0.15) is 12.2 Å². The summed E-state index contributed by atoms with van der Waals surface area (Å²) in [6, 6.07) is 8.77. The van der Waals surface area contributed by atoms with E-state index in [4.69, 9.17) is 23.7 Å². The predicted octanol–water partition coefficient (Wildman–Crippen LogP) is 1.37. The van der Waals surface area contributed by atoms with E-state index in [0.717, 1.165) is 52.5 Å².